The van der Waals surface area contributed by atoms with Gasteiger partial charge in [-0.1, -0.05) is 18.2 Å². The first-order chi connectivity index (χ1) is 14.4. The zero-order chi connectivity index (χ0) is 21.8. The Hall–Kier alpha value is -3.22. The number of nitrogens with zero attached hydrogens (tertiary/aromatic N) is 1. The molecule has 1 heterocycles. The second-order valence-corrected chi connectivity index (χ2v) is 7.49. The van der Waals surface area contributed by atoms with E-state index in [1.807, 2.05) is 38.1 Å². The van der Waals surface area contributed by atoms with Crippen molar-refractivity contribution in [3.05, 3.63) is 53.1 Å². The van der Waals surface area contributed by atoms with Gasteiger partial charge in [0.25, 0.3) is 5.91 Å². The van der Waals surface area contributed by atoms with Crippen LogP contribution in [0, 0.1) is 0 Å². The van der Waals surface area contributed by atoms with E-state index in [2.05, 4.69) is 5.32 Å². The number of nitrogens with one attached hydrogen (secondary N) is 1. The van der Waals surface area contributed by atoms with Crippen LogP contribution in [0.5, 0.6) is 17.2 Å². The lowest BCUT2D eigenvalue weighted by Gasteiger charge is -2.29. The van der Waals surface area contributed by atoms with E-state index < -0.39 is 6.04 Å². The summed E-state index contributed by atoms with van der Waals surface area (Å²) in [6.07, 6.45) is 0.122. The fourth-order valence-electron chi connectivity index (χ4n) is 3.79. The summed E-state index contributed by atoms with van der Waals surface area (Å²) in [5.41, 5.74) is 2.35. The molecule has 2 aromatic rings. The number of carbonyl (C=O) groups excluding carboxylic acids is 2. The van der Waals surface area contributed by atoms with Crippen molar-refractivity contribution < 1.29 is 23.8 Å². The standard InChI is InChI=1S/C23H28N2O5/c1-14(2)24-21(26)12-18(25-13-15-8-6-7-9-17(15)23(25)27)16-10-19(28-3)22(30-5)20(11-16)29-4/h6-11,14,18H,12-13H2,1-5H3,(H,24,26). The molecule has 2 aromatic carbocycles. The Morgan fingerprint density at radius 1 is 1.07 bits per heavy atom. The number of hydrogen-bond donors (Lipinski definition) is 1. The van der Waals surface area contributed by atoms with Crippen molar-refractivity contribution in [1.29, 1.82) is 0 Å². The predicted octanol–water partition coefficient (Wildman–Crippen LogP) is 3.32. The second kappa shape index (κ2) is 9.07. The van der Waals surface area contributed by atoms with Gasteiger partial charge in [0.05, 0.1) is 33.8 Å². The summed E-state index contributed by atoms with van der Waals surface area (Å²) in [5.74, 6) is 1.19. The average Bonchev–Trinajstić information content (AvgIpc) is 3.06. The molecule has 3 rings (SSSR count). The molecule has 0 aliphatic carbocycles. The SMILES string of the molecule is COc1cc(C(CC(=O)NC(C)C)N2Cc3ccccc3C2=O)cc(OC)c1OC. The lowest BCUT2D eigenvalue weighted by atomic mass is 10.00. The molecule has 2 amide bonds. The van der Waals surface area contributed by atoms with Crippen LogP contribution >= 0.6 is 0 Å². The van der Waals surface area contributed by atoms with Crippen LogP contribution in [0.25, 0.3) is 0 Å². The highest BCUT2D eigenvalue weighted by atomic mass is 16.5. The number of methoxy groups -OCH3 is 3. The molecule has 1 aliphatic heterocycles. The number of benzene rings is 2. The molecule has 1 unspecified atom stereocenters. The van der Waals surface area contributed by atoms with Crippen LogP contribution in [0.15, 0.2) is 36.4 Å². The van der Waals surface area contributed by atoms with E-state index in [4.69, 9.17) is 14.2 Å². The van der Waals surface area contributed by atoms with Crippen LogP contribution < -0.4 is 19.5 Å². The van der Waals surface area contributed by atoms with E-state index in [1.54, 1.807) is 31.3 Å². The lowest BCUT2D eigenvalue weighted by molar-refractivity contribution is -0.122. The zero-order valence-electron chi connectivity index (χ0n) is 18.0. The summed E-state index contributed by atoms with van der Waals surface area (Å²) in [7, 11) is 4.62. The molecule has 0 fully saturated rings. The van der Waals surface area contributed by atoms with Crippen molar-refractivity contribution in [3.8, 4) is 17.2 Å². The molecule has 1 aliphatic rings. The van der Waals surface area contributed by atoms with Crippen LogP contribution in [0.1, 0.15) is 47.8 Å². The molecule has 0 spiro atoms. The van der Waals surface area contributed by atoms with Crippen molar-refractivity contribution in [1.82, 2.24) is 10.2 Å². The topological polar surface area (TPSA) is 77.1 Å². The molecular formula is C23H28N2O5. The Kier molecular flexibility index (Phi) is 6.50. The summed E-state index contributed by atoms with van der Waals surface area (Å²) in [4.78, 5) is 27.6. The normalized spacial score (nSPS) is 13.8. The minimum Gasteiger partial charge on any atom is -0.493 e. The van der Waals surface area contributed by atoms with Crippen molar-refractivity contribution in [2.24, 2.45) is 0 Å². The maximum absolute atomic E-state index is 13.2. The van der Waals surface area contributed by atoms with E-state index >= 15 is 0 Å². The zero-order valence-corrected chi connectivity index (χ0v) is 18.0. The summed E-state index contributed by atoms with van der Waals surface area (Å²) in [5, 5.41) is 2.92. The molecule has 0 saturated carbocycles. The fourth-order valence-corrected chi connectivity index (χ4v) is 3.79. The van der Waals surface area contributed by atoms with Gasteiger partial charge in [-0.25, -0.2) is 0 Å². The predicted molar refractivity (Wildman–Crippen MR) is 113 cm³/mol. The number of hydrogen-bond acceptors (Lipinski definition) is 5. The Balaban J connectivity index is 2.05. The number of fused-ring (bicyclic) bond motifs is 1. The van der Waals surface area contributed by atoms with Gasteiger partial charge in [-0.3, -0.25) is 9.59 Å². The van der Waals surface area contributed by atoms with Crippen molar-refractivity contribution in [2.45, 2.75) is 38.9 Å². The van der Waals surface area contributed by atoms with Gasteiger partial charge in [-0.15, -0.1) is 0 Å². The van der Waals surface area contributed by atoms with Crippen LogP contribution in [0.2, 0.25) is 0 Å². The largest absolute Gasteiger partial charge is 0.493 e. The number of ether oxygens (including phenoxy) is 3. The van der Waals surface area contributed by atoms with Gasteiger partial charge in [0.1, 0.15) is 0 Å². The van der Waals surface area contributed by atoms with E-state index in [-0.39, 0.29) is 24.3 Å². The number of carbonyl (C=O) groups is 2. The Bertz CT molecular complexity index is 916. The highest BCUT2D eigenvalue weighted by molar-refractivity contribution is 5.98. The molecule has 7 heteroatoms. The van der Waals surface area contributed by atoms with Gasteiger partial charge in [0, 0.05) is 18.2 Å². The van der Waals surface area contributed by atoms with E-state index in [0.717, 1.165) is 11.1 Å². The third kappa shape index (κ3) is 4.20. The average molecular weight is 412 g/mol. The minimum atomic E-state index is -0.489. The summed E-state index contributed by atoms with van der Waals surface area (Å²) >= 11 is 0. The maximum atomic E-state index is 13.2. The third-order valence-corrected chi connectivity index (χ3v) is 5.13. The highest BCUT2D eigenvalue weighted by Gasteiger charge is 2.35. The first-order valence-electron chi connectivity index (χ1n) is 9.87. The van der Waals surface area contributed by atoms with Gasteiger partial charge in [-0.2, -0.15) is 0 Å². The van der Waals surface area contributed by atoms with Crippen LogP contribution in [-0.4, -0.2) is 44.1 Å². The summed E-state index contributed by atoms with van der Waals surface area (Å²) in [6, 6.07) is 10.6. The second-order valence-electron chi connectivity index (χ2n) is 7.49. The molecule has 0 bridgehead atoms. The Morgan fingerprint density at radius 2 is 1.70 bits per heavy atom. The fraction of sp³-hybridized carbons (Fsp3) is 0.391. The van der Waals surface area contributed by atoms with Crippen LogP contribution in [-0.2, 0) is 11.3 Å². The van der Waals surface area contributed by atoms with Crippen molar-refractivity contribution in [2.75, 3.05) is 21.3 Å². The molecule has 0 saturated heterocycles. The van der Waals surface area contributed by atoms with Crippen LogP contribution in [0.3, 0.4) is 0 Å². The van der Waals surface area contributed by atoms with Gasteiger partial charge in [0.2, 0.25) is 11.7 Å². The number of rotatable bonds is 8. The molecule has 1 atom stereocenters. The highest BCUT2D eigenvalue weighted by Crippen LogP contribution is 2.42. The maximum Gasteiger partial charge on any atom is 0.255 e. The van der Waals surface area contributed by atoms with Crippen molar-refractivity contribution in [3.63, 3.8) is 0 Å². The lowest BCUT2D eigenvalue weighted by Crippen LogP contribution is -2.36. The van der Waals surface area contributed by atoms with E-state index in [9.17, 15) is 9.59 Å². The first kappa shape index (κ1) is 21.5. The Labute approximate surface area is 176 Å². The first-order valence-corrected chi connectivity index (χ1v) is 9.87. The molecular weight excluding hydrogens is 384 g/mol. The quantitative estimate of drug-likeness (QED) is 0.720. The molecule has 30 heavy (non-hydrogen) atoms. The third-order valence-electron chi connectivity index (χ3n) is 5.13. The monoisotopic (exact) mass is 412 g/mol. The van der Waals surface area contributed by atoms with E-state index in [1.165, 1.54) is 7.11 Å². The number of amides is 2. The Morgan fingerprint density at radius 3 is 2.23 bits per heavy atom. The molecule has 0 aromatic heterocycles. The van der Waals surface area contributed by atoms with Gasteiger partial charge >= 0.3 is 0 Å². The minimum absolute atomic E-state index is 0.00423. The molecule has 7 nitrogen and oxygen atoms in total. The smallest absolute Gasteiger partial charge is 0.255 e. The van der Waals surface area contributed by atoms with E-state index in [0.29, 0.717) is 29.4 Å². The van der Waals surface area contributed by atoms with Crippen molar-refractivity contribution >= 4 is 11.8 Å². The van der Waals surface area contributed by atoms with Gasteiger partial charge in [-0.05, 0) is 43.2 Å². The summed E-state index contributed by atoms with van der Waals surface area (Å²) < 4.78 is 16.4. The summed E-state index contributed by atoms with van der Waals surface area (Å²) in [6.45, 7) is 4.25. The molecule has 0 radical (unpaired) electrons. The van der Waals surface area contributed by atoms with Crippen LogP contribution in [0.4, 0.5) is 0 Å². The molecule has 1 N–H and O–H groups in total. The molecule has 160 valence electrons. The van der Waals surface area contributed by atoms with Gasteiger partial charge in [0.15, 0.2) is 11.5 Å². The van der Waals surface area contributed by atoms with Gasteiger partial charge < -0.3 is 24.4 Å².